The number of esters is 1. The summed E-state index contributed by atoms with van der Waals surface area (Å²) in [4.78, 5) is 11.5. The molecule has 0 spiro atoms. The summed E-state index contributed by atoms with van der Waals surface area (Å²) in [5, 5.41) is 0. The lowest BCUT2D eigenvalue weighted by atomic mass is 9.46. The summed E-state index contributed by atoms with van der Waals surface area (Å²) in [6.45, 7) is 14.1. The third kappa shape index (κ3) is 4.26. The van der Waals surface area contributed by atoms with E-state index in [0.717, 1.165) is 48.3 Å². The lowest BCUT2D eigenvalue weighted by molar-refractivity contribution is -0.153. The van der Waals surface area contributed by atoms with Crippen molar-refractivity contribution >= 4 is 5.97 Å². The second-order valence-corrected chi connectivity index (χ2v) is 12.8. The molecule has 0 heterocycles. The molecule has 0 aromatic carbocycles. The Kier molecular flexibility index (Phi) is 6.68. The maximum atomic E-state index is 11.5. The molecular weight excluding hydrogens is 380 g/mol. The second kappa shape index (κ2) is 8.86. The van der Waals surface area contributed by atoms with Crippen LogP contribution in [0.5, 0.6) is 0 Å². The molecule has 0 unspecified atom stereocenters. The first-order chi connectivity index (χ1) is 14.6. The maximum Gasteiger partial charge on any atom is 0.302 e. The highest BCUT2D eigenvalue weighted by Crippen LogP contribution is 2.67. The fraction of sp³-hybridized carbons (Fsp3) is 0.897. The zero-order valence-electron chi connectivity index (χ0n) is 21.2. The van der Waals surface area contributed by atoms with Gasteiger partial charge >= 0.3 is 5.97 Å². The second-order valence-electron chi connectivity index (χ2n) is 12.8. The molecule has 176 valence electrons. The normalized spacial score (nSPS) is 45.0. The Labute approximate surface area is 192 Å². The monoisotopic (exact) mass is 428 g/mol. The average Bonchev–Trinajstić information content (AvgIpc) is 3.05. The van der Waals surface area contributed by atoms with Crippen LogP contribution in [-0.4, -0.2) is 12.1 Å². The van der Waals surface area contributed by atoms with Crippen molar-refractivity contribution in [2.24, 2.45) is 52.3 Å². The first-order valence-electron chi connectivity index (χ1n) is 13.5. The molecule has 2 heteroatoms. The van der Waals surface area contributed by atoms with Crippen molar-refractivity contribution < 1.29 is 9.53 Å². The predicted octanol–water partition coefficient (Wildman–Crippen LogP) is 7.82. The minimum atomic E-state index is -0.112. The van der Waals surface area contributed by atoms with E-state index in [4.69, 9.17) is 4.74 Å². The molecule has 2 nitrogen and oxygen atoms in total. The van der Waals surface area contributed by atoms with Gasteiger partial charge in [-0.05, 0) is 97.2 Å². The van der Waals surface area contributed by atoms with E-state index in [2.05, 4.69) is 46.8 Å². The molecule has 0 amide bonds. The standard InChI is InChI=1S/C29H48O2/c1-19(2)8-7-9-20(3)25-12-13-26-24-11-10-22-18-23(31-21(4)30)14-16-28(22,5)27(24)15-17-29(25,26)6/h10-11,19-20,22-27H,7-9,12-18H2,1-6H3/t20-,22+,23-,24-,25+,26-,27-,28+,29+/m1/s1. The van der Waals surface area contributed by atoms with Gasteiger partial charge in [-0.25, -0.2) is 0 Å². The Balaban J connectivity index is 1.47. The molecule has 4 rings (SSSR count). The van der Waals surface area contributed by atoms with Crippen LogP contribution in [0.1, 0.15) is 106 Å². The Morgan fingerprint density at radius 3 is 2.39 bits per heavy atom. The van der Waals surface area contributed by atoms with E-state index < -0.39 is 0 Å². The minimum absolute atomic E-state index is 0.112. The SMILES string of the molecule is CC(=O)O[C@@H]1CC[C@]2(C)[C@@H]3CC[C@]4(C)[C@H](CC[C@H]4[C@H](C)CCCC(C)C)[C@H]3C=C[C@H]2C1. The molecule has 31 heavy (non-hydrogen) atoms. The zero-order chi connectivity index (χ0) is 22.4. The van der Waals surface area contributed by atoms with Gasteiger partial charge in [0.25, 0.3) is 0 Å². The quantitative estimate of drug-likeness (QED) is 0.318. The number of rotatable bonds is 6. The van der Waals surface area contributed by atoms with Crippen LogP contribution < -0.4 is 0 Å². The van der Waals surface area contributed by atoms with Crippen LogP contribution in [0.3, 0.4) is 0 Å². The molecule has 3 fully saturated rings. The molecule has 0 aromatic rings. The van der Waals surface area contributed by atoms with Crippen LogP contribution in [0.25, 0.3) is 0 Å². The lowest BCUT2D eigenvalue weighted by Crippen LogP contribution is -2.52. The van der Waals surface area contributed by atoms with Crippen LogP contribution in [-0.2, 0) is 9.53 Å². The Morgan fingerprint density at radius 2 is 1.68 bits per heavy atom. The number of allylic oxidation sites excluding steroid dienone is 2. The van der Waals surface area contributed by atoms with Gasteiger partial charge in [0.2, 0.25) is 0 Å². The van der Waals surface area contributed by atoms with Crippen molar-refractivity contribution in [2.45, 2.75) is 112 Å². The highest BCUT2D eigenvalue weighted by atomic mass is 16.5. The van der Waals surface area contributed by atoms with Crippen molar-refractivity contribution in [1.82, 2.24) is 0 Å². The molecule has 9 atom stereocenters. The molecule has 0 aliphatic heterocycles. The lowest BCUT2D eigenvalue weighted by Gasteiger charge is -2.59. The van der Waals surface area contributed by atoms with E-state index in [9.17, 15) is 4.79 Å². The van der Waals surface area contributed by atoms with Crippen LogP contribution in [0.2, 0.25) is 0 Å². The summed E-state index contributed by atoms with van der Waals surface area (Å²) in [7, 11) is 0. The van der Waals surface area contributed by atoms with Gasteiger partial charge in [-0.2, -0.15) is 0 Å². The van der Waals surface area contributed by atoms with Crippen LogP contribution >= 0.6 is 0 Å². The van der Waals surface area contributed by atoms with Crippen molar-refractivity contribution in [1.29, 1.82) is 0 Å². The van der Waals surface area contributed by atoms with Gasteiger partial charge in [-0.1, -0.05) is 66.0 Å². The van der Waals surface area contributed by atoms with E-state index in [0.29, 0.717) is 16.7 Å². The van der Waals surface area contributed by atoms with E-state index in [1.807, 2.05) is 0 Å². The number of hydrogen-bond acceptors (Lipinski definition) is 2. The molecular formula is C29H48O2. The van der Waals surface area contributed by atoms with Crippen LogP contribution in [0.4, 0.5) is 0 Å². The third-order valence-electron chi connectivity index (χ3n) is 10.6. The van der Waals surface area contributed by atoms with Crippen molar-refractivity contribution in [3.05, 3.63) is 12.2 Å². The highest BCUT2D eigenvalue weighted by molar-refractivity contribution is 5.66. The summed E-state index contributed by atoms with van der Waals surface area (Å²) >= 11 is 0. The molecule has 0 aromatic heterocycles. The topological polar surface area (TPSA) is 26.3 Å². The van der Waals surface area contributed by atoms with Crippen molar-refractivity contribution in [2.75, 3.05) is 0 Å². The van der Waals surface area contributed by atoms with Crippen molar-refractivity contribution in [3.63, 3.8) is 0 Å². The molecule has 0 N–H and O–H groups in total. The maximum absolute atomic E-state index is 11.5. The number of carbonyl (C=O) groups is 1. The summed E-state index contributed by atoms with van der Waals surface area (Å²) in [6.07, 6.45) is 18.6. The van der Waals surface area contributed by atoms with Gasteiger partial charge in [0, 0.05) is 6.92 Å². The van der Waals surface area contributed by atoms with Gasteiger partial charge in [0.15, 0.2) is 0 Å². The fourth-order valence-corrected chi connectivity index (χ4v) is 8.95. The molecule has 4 aliphatic carbocycles. The Morgan fingerprint density at radius 1 is 0.968 bits per heavy atom. The number of carbonyl (C=O) groups excluding carboxylic acids is 1. The number of hydrogen-bond donors (Lipinski definition) is 0. The fourth-order valence-electron chi connectivity index (χ4n) is 8.95. The molecule has 0 saturated heterocycles. The highest BCUT2D eigenvalue weighted by Gasteiger charge is 2.59. The van der Waals surface area contributed by atoms with Gasteiger partial charge in [-0.3, -0.25) is 4.79 Å². The van der Waals surface area contributed by atoms with Crippen LogP contribution in [0, 0.1) is 52.3 Å². The molecule has 4 aliphatic rings. The van der Waals surface area contributed by atoms with Gasteiger partial charge < -0.3 is 4.74 Å². The van der Waals surface area contributed by atoms with Crippen LogP contribution in [0.15, 0.2) is 12.2 Å². The third-order valence-corrected chi connectivity index (χ3v) is 10.6. The average molecular weight is 429 g/mol. The van der Waals surface area contributed by atoms with E-state index in [-0.39, 0.29) is 12.1 Å². The number of ether oxygens (including phenoxy) is 1. The molecule has 0 radical (unpaired) electrons. The Hall–Kier alpha value is -0.790. The first-order valence-corrected chi connectivity index (χ1v) is 13.5. The number of fused-ring (bicyclic) bond motifs is 5. The predicted molar refractivity (Wildman–Crippen MR) is 129 cm³/mol. The van der Waals surface area contributed by atoms with E-state index in [1.165, 1.54) is 51.4 Å². The summed E-state index contributed by atoms with van der Waals surface area (Å²) in [5.74, 6) is 5.59. The Bertz CT molecular complexity index is 680. The van der Waals surface area contributed by atoms with Gasteiger partial charge in [0.05, 0.1) is 0 Å². The minimum Gasteiger partial charge on any atom is -0.463 e. The van der Waals surface area contributed by atoms with E-state index >= 15 is 0 Å². The largest absolute Gasteiger partial charge is 0.463 e. The summed E-state index contributed by atoms with van der Waals surface area (Å²) in [6, 6.07) is 0. The van der Waals surface area contributed by atoms with Crippen molar-refractivity contribution in [3.8, 4) is 0 Å². The molecule has 3 saturated carbocycles. The van der Waals surface area contributed by atoms with Gasteiger partial charge in [0.1, 0.15) is 6.10 Å². The zero-order valence-corrected chi connectivity index (χ0v) is 21.2. The summed E-state index contributed by atoms with van der Waals surface area (Å²) in [5.41, 5.74) is 0.944. The first kappa shape index (κ1) is 23.4. The smallest absolute Gasteiger partial charge is 0.302 e. The molecule has 0 bridgehead atoms. The summed E-state index contributed by atoms with van der Waals surface area (Å²) < 4.78 is 5.62. The van der Waals surface area contributed by atoms with Gasteiger partial charge in [-0.15, -0.1) is 0 Å². The van der Waals surface area contributed by atoms with E-state index in [1.54, 1.807) is 6.92 Å².